The van der Waals surface area contributed by atoms with Gasteiger partial charge in [0.2, 0.25) is 5.91 Å². The number of rotatable bonds is 4. The molecule has 3 N–H and O–H groups in total. The van der Waals surface area contributed by atoms with Crippen LogP contribution in [0.15, 0.2) is 22.8 Å². The molecule has 0 saturated carbocycles. The number of amides is 1. The van der Waals surface area contributed by atoms with Crippen molar-refractivity contribution < 1.29 is 9.21 Å². The first-order valence-electron chi connectivity index (χ1n) is 6.91. The zero-order valence-corrected chi connectivity index (χ0v) is 11.6. The predicted octanol–water partition coefficient (Wildman–Crippen LogP) is 1.27. The summed E-state index contributed by atoms with van der Waals surface area (Å²) >= 11 is 0. The summed E-state index contributed by atoms with van der Waals surface area (Å²) in [6.45, 7) is 2.84. The first-order valence-corrected chi connectivity index (χ1v) is 6.91. The maximum Gasteiger partial charge on any atom is 0.237 e. The lowest BCUT2D eigenvalue weighted by Gasteiger charge is -2.40. The van der Waals surface area contributed by atoms with Crippen LogP contribution in [-0.4, -0.2) is 36.5 Å². The molecule has 106 valence electrons. The van der Waals surface area contributed by atoms with Crippen molar-refractivity contribution in [3.63, 3.8) is 0 Å². The first-order chi connectivity index (χ1) is 9.15. The Labute approximate surface area is 114 Å². The zero-order chi connectivity index (χ0) is 13.8. The van der Waals surface area contributed by atoms with Gasteiger partial charge in [-0.2, -0.15) is 0 Å². The van der Waals surface area contributed by atoms with Gasteiger partial charge in [0.25, 0.3) is 0 Å². The Morgan fingerprint density at radius 1 is 1.58 bits per heavy atom. The number of likely N-dealkylation sites (tertiary alicyclic amines) is 1. The lowest BCUT2D eigenvalue weighted by molar-refractivity contribution is -0.128. The highest BCUT2D eigenvalue weighted by molar-refractivity contribution is 5.81. The summed E-state index contributed by atoms with van der Waals surface area (Å²) in [6, 6.07) is 3.56. The monoisotopic (exact) mass is 265 g/mol. The number of carbonyl (C=O) groups excluding carboxylic acids is 1. The van der Waals surface area contributed by atoms with Crippen molar-refractivity contribution in [2.24, 2.45) is 5.73 Å². The molecule has 5 nitrogen and oxygen atoms in total. The van der Waals surface area contributed by atoms with E-state index in [2.05, 4.69) is 10.2 Å². The van der Waals surface area contributed by atoms with Crippen molar-refractivity contribution in [1.29, 1.82) is 0 Å². The predicted molar refractivity (Wildman–Crippen MR) is 73.5 cm³/mol. The lowest BCUT2D eigenvalue weighted by atomic mass is 9.95. The molecule has 1 saturated heterocycles. The molecule has 19 heavy (non-hydrogen) atoms. The van der Waals surface area contributed by atoms with Gasteiger partial charge in [-0.1, -0.05) is 6.42 Å². The van der Waals surface area contributed by atoms with Crippen molar-refractivity contribution in [3.8, 4) is 0 Å². The van der Waals surface area contributed by atoms with E-state index in [9.17, 15) is 4.79 Å². The fraction of sp³-hybridized carbons (Fsp3) is 0.643. The molecule has 2 rings (SSSR count). The summed E-state index contributed by atoms with van der Waals surface area (Å²) in [5.41, 5.74) is 6.13. The summed E-state index contributed by atoms with van der Waals surface area (Å²) in [6.07, 6.45) is 4.71. The van der Waals surface area contributed by atoms with Gasteiger partial charge in [-0.25, -0.2) is 0 Å². The second-order valence-electron chi connectivity index (χ2n) is 5.18. The molecule has 0 bridgehead atoms. The molecule has 1 aliphatic rings. The van der Waals surface area contributed by atoms with Gasteiger partial charge in [0, 0.05) is 13.1 Å². The maximum absolute atomic E-state index is 12.0. The molecule has 0 radical (unpaired) electrons. The van der Waals surface area contributed by atoms with E-state index < -0.39 is 0 Å². The van der Waals surface area contributed by atoms with Crippen molar-refractivity contribution in [2.75, 3.05) is 13.6 Å². The van der Waals surface area contributed by atoms with Gasteiger partial charge in [0.15, 0.2) is 0 Å². The third-order valence-electron chi connectivity index (χ3n) is 3.78. The van der Waals surface area contributed by atoms with Crippen LogP contribution in [-0.2, 0) is 4.79 Å². The number of furan rings is 1. The molecule has 3 unspecified atom stereocenters. The van der Waals surface area contributed by atoms with E-state index in [0.29, 0.717) is 0 Å². The number of likely N-dealkylation sites (N-methyl/N-ethyl adjacent to an activating group) is 1. The van der Waals surface area contributed by atoms with E-state index in [1.165, 1.54) is 0 Å². The van der Waals surface area contributed by atoms with Crippen LogP contribution >= 0.6 is 0 Å². The average molecular weight is 265 g/mol. The van der Waals surface area contributed by atoms with Crippen LogP contribution in [0.4, 0.5) is 0 Å². The standard InChI is InChI=1S/C14H23N3O2/c1-10(15)13(12-7-5-9-19-12)17-8-4-3-6-11(17)14(18)16-2/h5,7,9-11,13H,3-4,6,8,15H2,1-2H3,(H,16,18). The highest BCUT2D eigenvalue weighted by Gasteiger charge is 2.36. The van der Waals surface area contributed by atoms with Gasteiger partial charge < -0.3 is 15.5 Å². The molecule has 0 aromatic carbocycles. The summed E-state index contributed by atoms with van der Waals surface area (Å²) < 4.78 is 5.52. The van der Waals surface area contributed by atoms with Crippen LogP contribution in [0.25, 0.3) is 0 Å². The number of nitrogens with zero attached hydrogens (tertiary/aromatic N) is 1. The van der Waals surface area contributed by atoms with Crippen LogP contribution < -0.4 is 11.1 Å². The number of hydrogen-bond donors (Lipinski definition) is 2. The Morgan fingerprint density at radius 2 is 2.37 bits per heavy atom. The molecule has 1 aromatic heterocycles. The topological polar surface area (TPSA) is 71.5 Å². The smallest absolute Gasteiger partial charge is 0.237 e. The van der Waals surface area contributed by atoms with E-state index >= 15 is 0 Å². The quantitative estimate of drug-likeness (QED) is 0.860. The van der Waals surface area contributed by atoms with Gasteiger partial charge in [-0.3, -0.25) is 9.69 Å². The Balaban J connectivity index is 2.25. The largest absolute Gasteiger partial charge is 0.468 e. The number of nitrogens with two attached hydrogens (primary N) is 1. The average Bonchev–Trinajstić information content (AvgIpc) is 2.92. The fourth-order valence-electron chi connectivity index (χ4n) is 2.92. The molecule has 3 atom stereocenters. The molecule has 1 amide bonds. The minimum atomic E-state index is -0.111. The molecular weight excluding hydrogens is 242 g/mol. The van der Waals surface area contributed by atoms with Crippen LogP contribution in [0.5, 0.6) is 0 Å². The second kappa shape index (κ2) is 6.21. The van der Waals surface area contributed by atoms with Gasteiger partial charge in [-0.15, -0.1) is 0 Å². The summed E-state index contributed by atoms with van der Waals surface area (Å²) in [5.74, 6) is 0.905. The highest BCUT2D eigenvalue weighted by atomic mass is 16.3. The van der Waals surface area contributed by atoms with Crippen molar-refractivity contribution in [3.05, 3.63) is 24.2 Å². The normalized spacial score (nSPS) is 23.8. The van der Waals surface area contributed by atoms with E-state index in [0.717, 1.165) is 31.6 Å². The Kier molecular flexibility index (Phi) is 4.61. The van der Waals surface area contributed by atoms with E-state index in [-0.39, 0.29) is 24.0 Å². The number of piperidine rings is 1. The van der Waals surface area contributed by atoms with Crippen LogP contribution in [0.1, 0.15) is 38.0 Å². The Bertz CT molecular complexity index is 403. The van der Waals surface area contributed by atoms with Crippen LogP contribution in [0, 0.1) is 0 Å². The minimum absolute atomic E-state index is 0.0439. The Hall–Kier alpha value is -1.33. The van der Waals surface area contributed by atoms with Gasteiger partial charge in [0.1, 0.15) is 5.76 Å². The summed E-state index contributed by atoms with van der Waals surface area (Å²) in [4.78, 5) is 14.2. The first kappa shape index (κ1) is 14.1. The third kappa shape index (κ3) is 2.98. The third-order valence-corrected chi connectivity index (χ3v) is 3.78. The molecule has 0 spiro atoms. The van der Waals surface area contributed by atoms with Gasteiger partial charge in [-0.05, 0) is 38.4 Å². The van der Waals surface area contributed by atoms with Crippen molar-refractivity contribution >= 4 is 5.91 Å². The summed E-state index contributed by atoms with van der Waals surface area (Å²) in [5, 5.41) is 2.75. The minimum Gasteiger partial charge on any atom is -0.468 e. The molecule has 1 fully saturated rings. The molecule has 1 aliphatic heterocycles. The SMILES string of the molecule is CNC(=O)C1CCCCN1C(c1ccco1)C(C)N. The van der Waals surface area contributed by atoms with Crippen molar-refractivity contribution in [1.82, 2.24) is 10.2 Å². The maximum atomic E-state index is 12.0. The molecule has 1 aromatic rings. The van der Waals surface area contributed by atoms with E-state index in [1.54, 1.807) is 13.3 Å². The number of carbonyl (C=O) groups is 1. The fourth-order valence-corrected chi connectivity index (χ4v) is 2.92. The molecule has 2 heterocycles. The molecule has 5 heteroatoms. The molecule has 0 aliphatic carbocycles. The van der Waals surface area contributed by atoms with E-state index in [1.807, 2.05) is 19.1 Å². The Morgan fingerprint density at radius 3 is 2.95 bits per heavy atom. The second-order valence-corrected chi connectivity index (χ2v) is 5.18. The van der Waals surface area contributed by atoms with Crippen LogP contribution in [0.2, 0.25) is 0 Å². The molecular formula is C14H23N3O2. The van der Waals surface area contributed by atoms with E-state index in [4.69, 9.17) is 10.2 Å². The number of hydrogen-bond acceptors (Lipinski definition) is 4. The van der Waals surface area contributed by atoms with Gasteiger partial charge in [0.05, 0.1) is 18.3 Å². The number of nitrogens with one attached hydrogen (secondary N) is 1. The zero-order valence-electron chi connectivity index (χ0n) is 11.6. The summed E-state index contributed by atoms with van der Waals surface area (Å²) in [7, 11) is 1.68. The van der Waals surface area contributed by atoms with Crippen LogP contribution in [0.3, 0.4) is 0 Å². The van der Waals surface area contributed by atoms with Crippen molar-refractivity contribution in [2.45, 2.75) is 44.3 Å². The lowest BCUT2D eigenvalue weighted by Crippen LogP contribution is -2.53. The van der Waals surface area contributed by atoms with Gasteiger partial charge >= 0.3 is 0 Å². The highest BCUT2D eigenvalue weighted by Crippen LogP contribution is 2.30.